The molecule has 0 atom stereocenters. The van der Waals surface area contributed by atoms with E-state index in [1.165, 1.54) is 24.3 Å². The molecule has 7 aromatic carbocycles. The largest absolute Gasteiger partial charge is 0.393 e. The van der Waals surface area contributed by atoms with E-state index in [1.807, 2.05) is 97.1 Å². The van der Waals surface area contributed by atoms with Crippen molar-refractivity contribution in [2.45, 2.75) is 25.4 Å². The van der Waals surface area contributed by atoms with Gasteiger partial charge in [-0.25, -0.2) is 18.7 Å². The standard InChI is InChI=1S/C48H31F5N2/c1-47(49,50)38-20-18-33(19-21-38)42-27-44(37-17-15-31-7-3-5-9-35(31)25-37)55-46-40(42)23-22-39-41(32-12-10-29(11-13-32)28-48(51,52)53)26-43(54-45(39)46)36-16-14-30-6-2-4-8-34(30)24-36/h2-27H,28H2,1H3. The molecule has 55 heavy (non-hydrogen) atoms. The molecule has 0 amide bonds. The van der Waals surface area contributed by atoms with Crippen LogP contribution < -0.4 is 0 Å². The first-order valence-electron chi connectivity index (χ1n) is 17.9. The van der Waals surface area contributed by atoms with Gasteiger partial charge in [-0.05, 0) is 73.6 Å². The first-order valence-corrected chi connectivity index (χ1v) is 17.9. The number of pyridine rings is 2. The van der Waals surface area contributed by atoms with E-state index in [-0.39, 0.29) is 11.1 Å². The molecule has 2 heterocycles. The normalized spacial score (nSPS) is 12.3. The molecule has 0 N–H and O–H groups in total. The summed E-state index contributed by atoms with van der Waals surface area (Å²) in [6.07, 6.45) is -5.34. The fourth-order valence-electron chi connectivity index (χ4n) is 7.42. The van der Waals surface area contributed by atoms with Crippen LogP contribution in [0.15, 0.2) is 158 Å². The molecule has 0 spiro atoms. The lowest BCUT2D eigenvalue weighted by atomic mass is 9.92. The summed E-state index contributed by atoms with van der Waals surface area (Å²) in [7, 11) is 0. The summed E-state index contributed by atoms with van der Waals surface area (Å²) in [5.41, 5.74) is 7.50. The predicted octanol–water partition coefficient (Wildman–Crippen LogP) is 14.0. The Morgan fingerprint density at radius 3 is 1.29 bits per heavy atom. The van der Waals surface area contributed by atoms with Crippen molar-refractivity contribution >= 4 is 43.4 Å². The molecule has 7 heteroatoms. The van der Waals surface area contributed by atoms with Gasteiger partial charge in [0.05, 0.1) is 28.8 Å². The highest BCUT2D eigenvalue weighted by molar-refractivity contribution is 6.13. The Hall–Kier alpha value is -6.47. The number of nitrogens with zero attached hydrogens (tertiary/aromatic N) is 2. The molecular formula is C48H31F5N2. The van der Waals surface area contributed by atoms with Crippen LogP contribution in [0.5, 0.6) is 0 Å². The van der Waals surface area contributed by atoms with Crippen molar-refractivity contribution < 1.29 is 22.0 Å². The van der Waals surface area contributed by atoms with E-state index in [0.717, 1.165) is 72.6 Å². The summed E-state index contributed by atoms with van der Waals surface area (Å²) >= 11 is 0. The van der Waals surface area contributed by atoms with Crippen molar-refractivity contribution in [1.29, 1.82) is 0 Å². The molecule has 0 saturated heterocycles. The van der Waals surface area contributed by atoms with E-state index in [4.69, 9.17) is 9.97 Å². The molecule has 0 unspecified atom stereocenters. The van der Waals surface area contributed by atoms with Crippen molar-refractivity contribution in [3.05, 3.63) is 169 Å². The average Bonchev–Trinajstić information content (AvgIpc) is 3.19. The third-order valence-corrected chi connectivity index (χ3v) is 10.2. The van der Waals surface area contributed by atoms with Crippen LogP contribution in [0.4, 0.5) is 22.0 Å². The van der Waals surface area contributed by atoms with E-state index >= 15 is 0 Å². The van der Waals surface area contributed by atoms with E-state index in [9.17, 15) is 22.0 Å². The quantitative estimate of drug-likeness (QED) is 0.126. The molecule has 0 aliphatic rings. The summed E-state index contributed by atoms with van der Waals surface area (Å²) in [6, 6.07) is 49.1. The number of aromatic nitrogens is 2. The van der Waals surface area contributed by atoms with Crippen LogP contribution in [0.1, 0.15) is 18.1 Å². The molecule has 0 saturated carbocycles. The minimum atomic E-state index is -4.32. The van der Waals surface area contributed by atoms with Gasteiger partial charge in [0.25, 0.3) is 5.92 Å². The Balaban J connectivity index is 1.33. The molecule has 0 bridgehead atoms. The minimum absolute atomic E-state index is 0.0811. The Kier molecular flexibility index (Phi) is 8.19. The molecular weight excluding hydrogens is 700 g/mol. The lowest BCUT2D eigenvalue weighted by molar-refractivity contribution is -0.127. The smallest absolute Gasteiger partial charge is 0.245 e. The molecule has 0 fully saturated rings. The maximum atomic E-state index is 14.3. The first kappa shape index (κ1) is 34.3. The molecule has 9 rings (SSSR count). The Morgan fingerprint density at radius 2 is 0.855 bits per heavy atom. The van der Waals surface area contributed by atoms with E-state index in [0.29, 0.717) is 22.4 Å². The van der Waals surface area contributed by atoms with Crippen molar-refractivity contribution in [3.8, 4) is 44.8 Å². The van der Waals surface area contributed by atoms with Crippen LogP contribution in [0.3, 0.4) is 0 Å². The fraction of sp³-hybridized carbons (Fsp3) is 0.0833. The molecule has 2 nitrogen and oxygen atoms in total. The number of fused-ring (bicyclic) bond motifs is 5. The Labute approximate surface area is 313 Å². The maximum absolute atomic E-state index is 14.3. The summed E-state index contributed by atoms with van der Waals surface area (Å²) in [5.74, 6) is -2.99. The monoisotopic (exact) mass is 730 g/mol. The van der Waals surface area contributed by atoms with Gasteiger partial charge in [-0.15, -0.1) is 0 Å². The van der Waals surface area contributed by atoms with Gasteiger partial charge >= 0.3 is 6.18 Å². The highest BCUT2D eigenvalue weighted by Crippen LogP contribution is 2.41. The zero-order valence-corrected chi connectivity index (χ0v) is 29.5. The molecule has 0 radical (unpaired) electrons. The van der Waals surface area contributed by atoms with E-state index in [1.54, 1.807) is 24.3 Å². The van der Waals surface area contributed by atoms with Crippen molar-refractivity contribution in [2.24, 2.45) is 0 Å². The van der Waals surface area contributed by atoms with Gasteiger partial charge in [0.1, 0.15) is 0 Å². The number of hydrogen-bond donors (Lipinski definition) is 0. The van der Waals surface area contributed by atoms with Crippen molar-refractivity contribution in [2.75, 3.05) is 0 Å². The van der Waals surface area contributed by atoms with Gasteiger partial charge in [-0.1, -0.05) is 133 Å². The summed E-state index contributed by atoms with van der Waals surface area (Å²) in [4.78, 5) is 10.6. The highest BCUT2D eigenvalue weighted by Gasteiger charge is 2.28. The highest BCUT2D eigenvalue weighted by atomic mass is 19.4. The second-order valence-electron chi connectivity index (χ2n) is 14.0. The van der Waals surface area contributed by atoms with Gasteiger partial charge in [0, 0.05) is 34.4 Å². The number of halogens is 5. The summed E-state index contributed by atoms with van der Waals surface area (Å²) in [5, 5.41) is 5.80. The Bertz CT molecular complexity index is 2910. The van der Waals surface area contributed by atoms with Crippen molar-refractivity contribution in [3.63, 3.8) is 0 Å². The predicted molar refractivity (Wildman–Crippen MR) is 213 cm³/mol. The lowest BCUT2D eigenvalue weighted by Crippen LogP contribution is -2.11. The van der Waals surface area contributed by atoms with Gasteiger partial charge in [-0.2, -0.15) is 13.2 Å². The van der Waals surface area contributed by atoms with E-state index in [2.05, 4.69) is 12.1 Å². The fourth-order valence-corrected chi connectivity index (χ4v) is 7.42. The third kappa shape index (κ3) is 6.67. The summed E-state index contributed by atoms with van der Waals surface area (Å²) in [6.45, 7) is 0.883. The van der Waals surface area contributed by atoms with Crippen LogP contribution in [0, 0.1) is 0 Å². The zero-order chi connectivity index (χ0) is 37.9. The SMILES string of the molecule is CC(F)(F)c1ccc(-c2cc(-c3ccc4ccccc4c3)nc3c2ccc2c(-c4ccc(CC(F)(F)F)cc4)cc(-c4ccc5ccccc5c4)nc23)cc1. The van der Waals surface area contributed by atoms with Gasteiger partial charge in [0.2, 0.25) is 0 Å². The molecule has 268 valence electrons. The zero-order valence-electron chi connectivity index (χ0n) is 29.5. The maximum Gasteiger partial charge on any atom is 0.393 e. The Morgan fingerprint density at radius 1 is 0.436 bits per heavy atom. The molecule has 0 aliphatic carbocycles. The third-order valence-electron chi connectivity index (χ3n) is 10.2. The van der Waals surface area contributed by atoms with Gasteiger partial charge in [-0.3, -0.25) is 0 Å². The number of hydrogen-bond acceptors (Lipinski definition) is 2. The van der Waals surface area contributed by atoms with Crippen LogP contribution in [-0.4, -0.2) is 16.1 Å². The van der Waals surface area contributed by atoms with Gasteiger partial charge in [0.15, 0.2) is 0 Å². The molecule has 9 aromatic rings. The number of benzene rings is 7. The first-order chi connectivity index (χ1) is 26.5. The van der Waals surface area contributed by atoms with Crippen LogP contribution >= 0.6 is 0 Å². The van der Waals surface area contributed by atoms with E-state index < -0.39 is 18.5 Å². The summed E-state index contributed by atoms with van der Waals surface area (Å²) < 4.78 is 68.4. The second-order valence-corrected chi connectivity index (χ2v) is 14.0. The van der Waals surface area contributed by atoms with Gasteiger partial charge < -0.3 is 0 Å². The van der Waals surface area contributed by atoms with Crippen LogP contribution in [-0.2, 0) is 12.3 Å². The number of rotatable bonds is 6. The topological polar surface area (TPSA) is 25.8 Å². The average molecular weight is 731 g/mol. The second kappa shape index (κ2) is 13.1. The lowest BCUT2D eigenvalue weighted by Gasteiger charge is -2.17. The molecule has 2 aromatic heterocycles. The minimum Gasteiger partial charge on any atom is -0.245 e. The number of alkyl halides is 5. The molecule has 0 aliphatic heterocycles. The van der Waals surface area contributed by atoms with Crippen LogP contribution in [0.2, 0.25) is 0 Å². The van der Waals surface area contributed by atoms with Crippen molar-refractivity contribution in [1.82, 2.24) is 9.97 Å². The van der Waals surface area contributed by atoms with Crippen LogP contribution in [0.25, 0.3) is 88.1 Å².